The molecule has 3 aliphatic rings. The van der Waals surface area contributed by atoms with Crippen molar-refractivity contribution in [3.05, 3.63) is 94.1 Å². The summed E-state index contributed by atoms with van der Waals surface area (Å²) in [6.45, 7) is 1.57. The molecule has 2 aromatic carbocycles. The quantitative estimate of drug-likeness (QED) is 0.162. The average Bonchev–Trinajstić information content (AvgIpc) is 3.79. The highest BCUT2D eigenvalue weighted by molar-refractivity contribution is 7.79. The molecule has 246 valence electrons. The number of rotatable bonds is 7. The minimum atomic E-state index is -4.17. The Morgan fingerprint density at radius 1 is 1.15 bits per heavy atom. The fraction of sp³-hybridized carbons (Fsp3) is 0.235. The molecule has 4 aromatic rings. The number of aromatic nitrogens is 2. The Labute approximate surface area is 284 Å². The van der Waals surface area contributed by atoms with Crippen molar-refractivity contribution >= 4 is 65.3 Å². The Kier molecular flexibility index (Phi) is 9.01. The number of ether oxygens (including phenoxy) is 1. The fourth-order valence-corrected chi connectivity index (χ4v) is 5.79. The molecule has 0 saturated heterocycles. The predicted octanol–water partition coefficient (Wildman–Crippen LogP) is 6.88. The average molecular weight is 694 g/mol. The summed E-state index contributed by atoms with van der Waals surface area (Å²) in [6.07, 6.45) is 2.85. The lowest BCUT2D eigenvalue weighted by Gasteiger charge is -2.33. The number of halogens is 4. The van der Waals surface area contributed by atoms with Gasteiger partial charge in [-0.25, -0.2) is 8.97 Å². The lowest BCUT2D eigenvalue weighted by molar-refractivity contribution is -0.294. The first-order valence-corrected chi connectivity index (χ1v) is 16.2. The van der Waals surface area contributed by atoms with Gasteiger partial charge in [0.2, 0.25) is 12.0 Å². The van der Waals surface area contributed by atoms with Crippen LogP contribution in [0.3, 0.4) is 0 Å². The Morgan fingerprint density at radius 3 is 2.52 bits per heavy atom. The Balaban J connectivity index is 0.00000197. The van der Waals surface area contributed by atoms with E-state index in [-0.39, 0.29) is 29.4 Å². The number of nitrogens with zero attached hydrogens (tertiary/aromatic N) is 5. The molecule has 2 amide bonds. The first kappa shape index (κ1) is 33.2. The van der Waals surface area contributed by atoms with Crippen LogP contribution in [0, 0.1) is 11.7 Å². The number of anilines is 1. The molecule has 1 saturated carbocycles. The maximum absolute atomic E-state index is 15.0. The topological polar surface area (TPSA) is 114 Å². The van der Waals surface area contributed by atoms with Crippen LogP contribution in [0.2, 0.25) is 5.02 Å². The third-order valence-electron chi connectivity index (χ3n) is 8.19. The molecular weight excluding hydrogens is 665 g/mol. The molecule has 0 bridgehead atoms. The van der Waals surface area contributed by atoms with E-state index < -0.39 is 17.9 Å². The number of hydrogen-bond acceptors (Lipinski definition) is 7. The number of nitrogens with two attached hydrogens (primary N) is 1. The van der Waals surface area contributed by atoms with Crippen molar-refractivity contribution in [2.75, 3.05) is 11.2 Å². The van der Waals surface area contributed by atoms with Gasteiger partial charge in [-0.1, -0.05) is 17.7 Å². The molecule has 0 spiro atoms. The second-order valence-electron chi connectivity index (χ2n) is 11.4. The van der Waals surface area contributed by atoms with Gasteiger partial charge in [0, 0.05) is 23.7 Å². The Bertz CT molecular complexity index is 2000. The number of benzene rings is 2. The maximum Gasteiger partial charge on any atom is 0.482 e. The van der Waals surface area contributed by atoms with Crippen molar-refractivity contribution in [1.29, 1.82) is 0 Å². The number of alkyl halides is 2. The van der Waals surface area contributed by atoms with Crippen LogP contribution in [-0.4, -0.2) is 50.8 Å². The first-order valence-electron chi connectivity index (χ1n) is 14.9. The van der Waals surface area contributed by atoms with Crippen LogP contribution < -0.4 is 15.4 Å². The SMILES string of the molecule is CC(c1ccc(F)cc1)=[N+]1C=Nc2c1nc(CC1CC1)c(C(N)=O)c2-c1ccc2c(c1)OC(F)(F)C(=O)N2Cc1ccc(Cl)cn1.CS. The molecule has 0 unspecified atom stereocenters. The summed E-state index contributed by atoms with van der Waals surface area (Å²) in [7, 11) is 0. The predicted molar refractivity (Wildman–Crippen MR) is 180 cm³/mol. The summed E-state index contributed by atoms with van der Waals surface area (Å²) in [5.41, 5.74) is 9.30. The summed E-state index contributed by atoms with van der Waals surface area (Å²) in [6, 6.07) is 13.5. The highest BCUT2D eigenvalue weighted by Crippen LogP contribution is 2.48. The van der Waals surface area contributed by atoms with Crippen molar-refractivity contribution in [2.45, 2.75) is 38.8 Å². The van der Waals surface area contributed by atoms with Gasteiger partial charge in [-0.05, 0) is 86.0 Å². The molecule has 9 nitrogen and oxygen atoms in total. The molecule has 2 aliphatic heterocycles. The van der Waals surface area contributed by atoms with E-state index in [0.717, 1.165) is 23.3 Å². The van der Waals surface area contributed by atoms with Gasteiger partial charge in [-0.3, -0.25) is 19.5 Å². The number of primary amides is 1. The number of pyridine rings is 2. The van der Waals surface area contributed by atoms with E-state index in [0.29, 0.717) is 57.1 Å². The highest BCUT2D eigenvalue weighted by atomic mass is 35.5. The van der Waals surface area contributed by atoms with Crippen LogP contribution in [0.15, 0.2) is 65.8 Å². The minimum absolute atomic E-state index is 0.0894. The van der Waals surface area contributed by atoms with Crippen molar-refractivity contribution in [3.8, 4) is 16.9 Å². The van der Waals surface area contributed by atoms with Gasteiger partial charge in [0.05, 0.1) is 34.2 Å². The molecule has 1 aliphatic carbocycles. The van der Waals surface area contributed by atoms with Crippen molar-refractivity contribution in [2.24, 2.45) is 16.6 Å². The normalized spacial score (nSPS) is 16.8. The summed E-state index contributed by atoms with van der Waals surface area (Å²) in [4.78, 5) is 40.3. The summed E-state index contributed by atoms with van der Waals surface area (Å²) in [5, 5.41) is 0.357. The van der Waals surface area contributed by atoms with Crippen LogP contribution >= 0.6 is 24.2 Å². The Hall–Kier alpha value is -4.75. The number of aliphatic imine (C=N–C) groups is 1. The van der Waals surface area contributed by atoms with Gasteiger partial charge >= 0.3 is 17.8 Å². The van der Waals surface area contributed by atoms with Crippen molar-refractivity contribution in [3.63, 3.8) is 0 Å². The number of amides is 2. The zero-order valence-corrected chi connectivity index (χ0v) is 27.4. The van der Waals surface area contributed by atoms with Gasteiger partial charge in [0.15, 0.2) is 5.75 Å². The number of thiol groups is 1. The molecular formula is C34H29ClF3N6O3S+. The van der Waals surface area contributed by atoms with Gasteiger partial charge in [0.1, 0.15) is 11.5 Å². The van der Waals surface area contributed by atoms with Gasteiger partial charge in [-0.15, -0.1) is 9.98 Å². The highest BCUT2D eigenvalue weighted by Gasteiger charge is 2.51. The minimum Gasteiger partial charge on any atom is -0.423 e. The zero-order chi connectivity index (χ0) is 34.3. The molecule has 48 heavy (non-hydrogen) atoms. The van der Waals surface area contributed by atoms with Crippen LogP contribution in [0.25, 0.3) is 11.1 Å². The molecule has 0 atom stereocenters. The first-order chi connectivity index (χ1) is 23.0. The number of carbonyl (C=O) groups is 2. The van der Waals surface area contributed by atoms with Crippen LogP contribution in [0.4, 0.5) is 30.4 Å². The molecule has 2 N–H and O–H groups in total. The number of fused-ring (bicyclic) bond motifs is 2. The lowest BCUT2D eigenvalue weighted by Crippen LogP contribution is -2.50. The summed E-state index contributed by atoms with van der Waals surface area (Å²) in [5.74, 6) is -2.23. The summed E-state index contributed by atoms with van der Waals surface area (Å²) >= 11 is 9.45. The van der Waals surface area contributed by atoms with E-state index in [1.807, 2.05) is 6.92 Å². The van der Waals surface area contributed by atoms with Gasteiger partial charge in [-0.2, -0.15) is 21.4 Å². The number of hydrogen-bond donors (Lipinski definition) is 2. The molecule has 1 fully saturated rings. The number of carbonyl (C=O) groups excluding carboxylic acids is 2. The zero-order valence-electron chi connectivity index (χ0n) is 25.8. The third kappa shape index (κ3) is 6.27. The van der Waals surface area contributed by atoms with E-state index in [2.05, 4.69) is 22.6 Å². The van der Waals surface area contributed by atoms with Gasteiger partial charge in [0.25, 0.3) is 5.91 Å². The van der Waals surface area contributed by atoms with E-state index in [4.69, 9.17) is 27.1 Å². The summed E-state index contributed by atoms with van der Waals surface area (Å²) < 4.78 is 50.3. The van der Waals surface area contributed by atoms with Crippen LogP contribution in [0.1, 0.15) is 47.1 Å². The van der Waals surface area contributed by atoms with Gasteiger partial charge < -0.3 is 10.5 Å². The molecule has 4 heterocycles. The standard InChI is InChI=1S/C33H24ClF3N6O3.CH4S/c1-17(19-4-8-22(35)9-5-19)43-16-40-29-27(28(30(38)44)24(41-31(29)43)12-18-2-3-18)20-6-11-25-26(13-20)46-33(36,37)32(45)42(25)15-23-10-7-21(34)14-39-23;1-2/h4-11,13-14,16,18H,2-3,12,15H2,1H3,(H-,38,44);2H,1H3/p+1. The second kappa shape index (κ2) is 13.0. The molecule has 0 radical (unpaired) electrons. The van der Waals surface area contributed by atoms with E-state index in [1.54, 1.807) is 35.1 Å². The van der Waals surface area contributed by atoms with E-state index in [1.165, 1.54) is 42.9 Å². The monoisotopic (exact) mass is 693 g/mol. The Morgan fingerprint density at radius 2 is 1.88 bits per heavy atom. The second-order valence-corrected chi connectivity index (χ2v) is 11.8. The third-order valence-corrected chi connectivity index (χ3v) is 8.41. The molecule has 14 heteroatoms. The fourth-order valence-electron chi connectivity index (χ4n) is 5.68. The van der Waals surface area contributed by atoms with Crippen molar-refractivity contribution < 1.29 is 32.1 Å². The molecule has 2 aromatic heterocycles. The largest absolute Gasteiger partial charge is 0.482 e. The lowest BCUT2D eigenvalue weighted by atomic mass is 9.93. The van der Waals surface area contributed by atoms with Crippen LogP contribution in [-0.2, 0) is 17.8 Å². The van der Waals surface area contributed by atoms with Crippen molar-refractivity contribution in [1.82, 2.24) is 9.97 Å². The molecule has 7 rings (SSSR count). The van der Waals surface area contributed by atoms with Crippen LogP contribution in [0.5, 0.6) is 5.75 Å². The van der Waals surface area contributed by atoms with E-state index >= 15 is 8.78 Å². The van der Waals surface area contributed by atoms with E-state index in [9.17, 15) is 14.0 Å². The smallest absolute Gasteiger partial charge is 0.423 e. The maximum atomic E-state index is 15.0.